The molecule has 0 saturated heterocycles. The van der Waals surface area contributed by atoms with Gasteiger partial charge in [0.1, 0.15) is 11.5 Å². The Morgan fingerprint density at radius 2 is 1.90 bits per heavy atom. The summed E-state index contributed by atoms with van der Waals surface area (Å²) in [5, 5.41) is 0. The maximum absolute atomic E-state index is 12.0. The third-order valence-electron chi connectivity index (χ3n) is 3.69. The highest BCUT2D eigenvalue weighted by Crippen LogP contribution is 2.26. The van der Waals surface area contributed by atoms with Crippen LogP contribution < -0.4 is 4.74 Å². The Kier molecular flexibility index (Phi) is 3.82. The molecule has 0 amide bonds. The minimum Gasteiger partial charge on any atom is -0.493 e. The van der Waals surface area contributed by atoms with Crippen molar-refractivity contribution in [3.05, 3.63) is 65.2 Å². The van der Waals surface area contributed by atoms with Gasteiger partial charge in [-0.25, -0.2) is 0 Å². The van der Waals surface area contributed by atoms with E-state index in [9.17, 15) is 4.79 Å². The number of hydrogen-bond donors (Lipinski definition) is 0. The van der Waals surface area contributed by atoms with E-state index in [-0.39, 0.29) is 0 Å². The van der Waals surface area contributed by atoms with Crippen LogP contribution in [0.4, 0.5) is 0 Å². The van der Waals surface area contributed by atoms with Crippen LogP contribution in [0.15, 0.2) is 48.5 Å². The summed E-state index contributed by atoms with van der Waals surface area (Å²) in [6, 6.07) is 16.2. The van der Waals surface area contributed by atoms with Crippen molar-refractivity contribution in [1.29, 1.82) is 0 Å². The van der Waals surface area contributed by atoms with Gasteiger partial charge in [0.05, 0.1) is 6.61 Å². The zero-order valence-electron chi connectivity index (χ0n) is 11.5. The third kappa shape index (κ3) is 3.08. The summed E-state index contributed by atoms with van der Waals surface area (Å²) in [7, 11) is 0. The average Bonchev–Trinajstić information content (AvgIpc) is 2.93. The van der Waals surface area contributed by atoms with Gasteiger partial charge < -0.3 is 4.74 Å². The molecular weight excluding hydrogens is 248 g/mol. The number of rotatable bonds is 5. The summed E-state index contributed by atoms with van der Waals surface area (Å²) in [6.45, 7) is 0.783. The Balaban J connectivity index is 1.55. The Labute approximate surface area is 119 Å². The number of carbonyl (C=O) groups is 1. The van der Waals surface area contributed by atoms with E-state index in [4.69, 9.17) is 4.74 Å². The quantitative estimate of drug-likeness (QED) is 0.829. The summed E-state index contributed by atoms with van der Waals surface area (Å²) in [5.41, 5.74) is 3.61. The number of fused-ring (bicyclic) bond motifs is 1. The van der Waals surface area contributed by atoms with Crippen LogP contribution in [0.1, 0.15) is 23.1 Å². The number of hydrogen-bond acceptors (Lipinski definition) is 2. The van der Waals surface area contributed by atoms with Crippen LogP contribution in [-0.2, 0) is 24.1 Å². The zero-order valence-corrected chi connectivity index (χ0v) is 11.5. The standard InChI is InChI=1S/C18H18O2/c19-17(13-14-4-2-1-3-5-14)8-6-15-7-9-18-16(12-15)10-11-20-18/h1-5,7,9,12H,6,8,10-11,13H2. The lowest BCUT2D eigenvalue weighted by atomic mass is 10.0. The molecule has 0 aliphatic carbocycles. The molecular formula is C18H18O2. The van der Waals surface area contributed by atoms with Crippen molar-refractivity contribution in [2.45, 2.75) is 25.7 Å². The Hall–Kier alpha value is -2.09. The minimum atomic E-state index is 0.299. The Morgan fingerprint density at radius 3 is 2.75 bits per heavy atom. The minimum absolute atomic E-state index is 0.299. The summed E-state index contributed by atoms with van der Waals surface area (Å²) in [5.74, 6) is 1.30. The van der Waals surface area contributed by atoms with Gasteiger partial charge in [0.25, 0.3) is 0 Å². The summed E-state index contributed by atoms with van der Waals surface area (Å²) in [4.78, 5) is 12.0. The lowest BCUT2D eigenvalue weighted by Gasteiger charge is -2.04. The van der Waals surface area contributed by atoms with Gasteiger partial charge in [-0.3, -0.25) is 4.79 Å². The van der Waals surface area contributed by atoms with E-state index < -0.39 is 0 Å². The lowest BCUT2D eigenvalue weighted by molar-refractivity contribution is -0.118. The highest BCUT2D eigenvalue weighted by atomic mass is 16.5. The fraction of sp³-hybridized carbons (Fsp3) is 0.278. The van der Waals surface area contributed by atoms with Crippen molar-refractivity contribution in [3.8, 4) is 5.75 Å². The number of aryl methyl sites for hydroxylation is 1. The van der Waals surface area contributed by atoms with Crippen LogP contribution in [0.3, 0.4) is 0 Å². The monoisotopic (exact) mass is 266 g/mol. The first kappa shape index (κ1) is 12.9. The van der Waals surface area contributed by atoms with E-state index in [1.165, 1.54) is 11.1 Å². The molecule has 3 rings (SSSR count). The second-order valence-corrected chi connectivity index (χ2v) is 5.24. The molecule has 0 atom stereocenters. The second-order valence-electron chi connectivity index (χ2n) is 5.24. The topological polar surface area (TPSA) is 26.3 Å². The molecule has 2 aromatic rings. The highest BCUT2D eigenvalue weighted by Gasteiger charge is 2.12. The molecule has 1 aliphatic rings. The number of Topliss-reactive ketones (excluding diaryl/α,β-unsaturated/α-hetero) is 1. The predicted molar refractivity (Wildman–Crippen MR) is 79.1 cm³/mol. The molecule has 2 nitrogen and oxygen atoms in total. The molecule has 102 valence electrons. The maximum Gasteiger partial charge on any atom is 0.137 e. The molecule has 1 heterocycles. The number of ether oxygens (including phenoxy) is 1. The molecule has 0 unspecified atom stereocenters. The van der Waals surface area contributed by atoms with Crippen molar-refractivity contribution in [3.63, 3.8) is 0 Å². The van der Waals surface area contributed by atoms with E-state index in [0.29, 0.717) is 18.6 Å². The molecule has 0 aromatic heterocycles. The van der Waals surface area contributed by atoms with Crippen molar-refractivity contribution >= 4 is 5.78 Å². The van der Waals surface area contributed by atoms with Crippen LogP contribution in [0.25, 0.3) is 0 Å². The largest absolute Gasteiger partial charge is 0.493 e. The molecule has 2 heteroatoms. The molecule has 0 radical (unpaired) electrons. The Bertz CT molecular complexity index is 602. The molecule has 0 spiro atoms. The first-order valence-electron chi connectivity index (χ1n) is 7.11. The van der Waals surface area contributed by atoms with Crippen LogP contribution in [0.5, 0.6) is 5.75 Å². The molecule has 0 N–H and O–H groups in total. The van der Waals surface area contributed by atoms with E-state index in [2.05, 4.69) is 12.1 Å². The first-order chi connectivity index (χ1) is 9.81. The number of benzene rings is 2. The zero-order chi connectivity index (χ0) is 13.8. The lowest BCUT2D eigenvalue weighted by Crippen LogP contribution is -2.04. The second kappa shape index (κ2) is 5.91. The number of carbonyl (C=O) groups excluding carboxylic acids is 1. The maximum atomic E-state index is 12.0. The predicted octanol–water partition coefficient (Wildman–Crippen LogP) is 3.37. The van der Waals surface area contributed by atoms with Gasteiger partial charge in [-0.1, -0.05) is 42.5 Å². The molecule has 0 bridgehead atoms. The van der Waals surface area contributed by atoms with Crippen LogP contribution in [0.2, 0.25) is 0 Å². The molecule has 20 heavy (non-hydrogen) atoms. The summed E-state index contributed by atoms with van der Waals surface area (Å²) in [6.07, 6.45) is 2.95. The van der Waals surface area contributed by atoms with E-state index in [1.54, 1.807) is 0 Å². The first-order valence-corrected chi connectivity index (χ1v) is 7.11. The molecule has 1 aliphatic heterocycles. The fourth-order valence-corrected chi connectivity index (χ4v) is 2.59. The van der Waals surface area contributed by atoms with Crippen LogP contribution in [0, 0.1) is 0 Å². The van der Waals surface area contributed by atoms with E-state index >= 15 is 0 Å². The normalized spacial score (nSPS) is 12.8. The van der Waals surface area contributed by atoms with Gasteiger partial charge in [0.2, 0.25) is 0 Å². The third-order valence-corrected chi connectivity index (χ3v) is 3.69. The fourth-order valence-electron chi connectivity index (χ4n) is 2.59. The smallest absolute Gasteiger partial charge is 0.137 e. The van der Waals surface area contributed by atoms with E-state index in [0.717, 1.165) is 30.8 Å². The molecule has 0 fully saturated rings. The summed E-state index contributed by atoms with van der Waals surface area (Å²) >= 11 is 0. The summed E-state index contributed by atoms with van der Waals surface area (Å²) < 4.78 is 5.49. The van der Waals surface area contributed by atoms with Crippen LogP contribution >= 0.6 is 0 Å². The molecule has 2 aromatic carbocycles. The van der Waals surface area contributed by atoms with Gasteiger partial charge in [0, 0.05) is 19.3 Å². The van der Waals surface area contributed by atoms with Gasteiger partial charge in [0.15, 0.2) is 0 Å². The van der Waals surface area contributed by atoms with Gasteiger partial charge in [-0.15, -0.1) is 0 Å². The SMILES string of the molecule is O=C(CCc1ccc2c(c1)CCO2)Cc1ccccc1. The van der Waals surface area contributed by atoms with Crippen molar-refractivity contribution < 1.29 is 9.53 Å². The molecule has 0 saturated carbocycles. The van der Waals surface area contributed by atoms with Crippen molar-refractivity contribution in [1.82, 2.24) is 0 Å². The van der Waals surface area contributed by atoms with Gasteiger partial charge in [-0.2, -0.15) is 0 Å². The number of ketones is 1. The van der Waals surface area contributed by atoms with E-state index in [1.807, 2.05) is 36.4 Å². The highest BCUT2D eigenvalue weighted by molar-refractivity contribution is 5.81. The van der Waals surface area contributed by atoms with Crippen LogP contribution in [-0.4, -0.2) is 12.4 Å². The average molecular weight is 266 g/mol. The van der Waals surface area contributed by atoms with Crippen molar-refractivity contribution in [2.24, 2.45) is 0 Å². The van der Waals surface area contributed by atoms with Gasteiger partial charge >= 0.3 is 0 Å². The Morgan fingerprint density at radius 1 is 1.05 bits per heavy atom. The van der Waals surface area contributed by atoms with Crippen molar-refractivity contribution in [2.75, 3.05) is 6.61 Å². The van der Waals surface area contributed by atoms with Gasteiger partial charge in [-0.05, 0) is 29.2 Å².